The van der Waals surface area contributed by atoms with E-state index in [4.69, 9.17) is 0 Å². The van der Waals surface area contributed by atoms with Gasteiger partial charge in [-0.15, -0.1) is 0 Å². The number of rotatable bonds is 2. The lowest BCUT2D eigenvalue weighted by Gasteiger charge is -2.05. The molecule has 0 N–H and O–H groups in total. The number of halogens is 5. The van der Waals surface area contributed by atoms with Crippen molar-refractivity contribution in [2.45, 2.75) is 12.6 Å². The van der Waals surface area contributed by atoms with Crippen LogP contribution in [0.25, 0.3) is 0 Å². The Morgan fingerprint density at radius 1 is 1.47 bits per heavy atom. The maximum atomic E-state index is 12.9. The van der Waals surface area contributed by atoms with E-state index in [9.17, 15) is 22.4 Å². The van der Waals surface area contributed by atoms with Crippen molar-refractivity contribution in [3.8, 4) is 0 Å². The van der Waals surface area contributed by atoms with Crippen molar-refractivity contribution in [3.63, 3.8) is 0 Å². The van der Waals surface area contributed by atoms with E-state index in [2.05, 4.69) is 20.9 Å². The lowest BCUT2D eigenvalue weighted by atomic mass is 10.1. The largest absolute Gasteiger partial charge is 0.450 e. The van der Waals surface area contributed by atoms with Crippen LogP contribution in [0.5, 0.6) is 0 Å². The first kappa shape index (κ1) is 12.1. The Bertz CT molecular complexity index is 391. The van der Waals surface area contributed by atoms with Gasteiger partial charge in [-0.3, -0.25) is 4.79 Å². The molecule has 0 fully saturated rings. The van der Waals surface area contributed by atoms with Gasteiger partial charge in [0.2, 0.25) is 11.7 Å². The standard InChI is InChI=1S/C8H4BrF4NO/c9-5-1-4(7(10)14-3-5)2-6(15)8(11,12)13/h1,3H,2H2. The fraction of sp³-hybridized carbons (Fsp3) is 0.250. The Hall–Kier alpha value is -0.980. The highest BCUT2D eigenvalue weighted by molar-refractivity contribution is 9.10. The Labute approximate surface area is 90.4 Å². The van der Waals surface area contributed by atoms with E-state index in [1.54, 1.807) is 0 Å². The van der Waals surface area contributed by atoms with Gasteiger partial charge >= 0.3 is 6.18 Å². The van der Waals surface area contributed by atoms with Gasteiger partial charge in [-0.2, -0.15) is 17.6 Å². The minimum absolute atomic E-state index is 0.314. The van der Waals surface area contributed by atoms with Crippen molar-refractivity contribution in [2.75, 3.05) is 0 Å². The van der Waals surface area contributed by atoms with E-state index in [1.807, 2.05) is 0 Å². The molecule has 1 heterocycles. The van der Waals surface area contributed by atoms with E-state index in [-0.39, 0.29) is 5.56 Å². The molecule has 0 aromatic carbocycles. The van der Waals surface area contributed by atoms with E-state index in [1.165, 1.54) is 0 Å². The molecule has 2 nitrogen and oxygen atoms in total. The highest BCUT2D eigenvalue weighted by Gasteiger charge is 2.38. The van der Waals surface area contributed by atoms with E-state index < -0.39 is 24.3 Å². The third kappa shape index (κ3) is 3.26. The predicted octanol–water partition coefficient (Wildman–Crippen LogP) is 2.66. The number of hydrogen-bond acceptors (Lipinski definition) is 2. The lowest BCUT2D eigenvalue weighted by molar-refractivity contribution is -0.170. The van der Waals surface area contributed by atoms with Crippen molar-refractivity contribution in [2.24, 2.45) is 0 Å². The number of Topliss-reactive ketones (excluding diaryl/α,β-unsaturated/α-hetero) is 1. The molecular weight excluding hydrogens is 282 g/mol. The number of carbonyl (C=O) groups excluding carboxylic acids is 1. The molecule has 7 heteroatoms. The van der Waals surface area contributed by atoms with Crippen LogP contribution in [-0.2, 0) is 11.2 Å². The number of ketones is 1. The van der Waals surface area contributed by atoms with Gasteiger partial charge in [0.25, 0.3) is 0 Å². The topological polar surface area (TPSA) is 30.0 Å². The zero-order valence-corrected chi connectivity index (χ0v) is 8.69. The zero-order chi connectivity index (χ0) is 11.6. The average molecular weight is 286 g/mol. The second-order valence-corrected chi connectivity index (χ2v) is 3.62. The summed E-state index contributed by atoms with van der Waals surface area (Å²) in [5.74, 6) is -3.07. The molecule has 0 unspecified atom stereocenters. The summed E-state index contributed by atoms with van der Waals surface area (Å²) in [6, 6.07) is 1.09. The minimum atomic E-state index is -4.95. The molecule has 1 aromatic heterocycles. The number of hydrogen-bond donors (Lipinski definition) is 0. The van der Waals surface area contributed by atoms with Gasteiger partial charge in [-0.1, -0.05) is 0 Å². The smallest absolute Gasteiger partial charge is 0.289 e. The maximum absolute atomic E-state index is 12.9. The molecule has 0 saturated heterocycles. The second-order valence-electron chi connectivity index (χ2n) is 2.70. The molecule has 0 bridgehead atoms. The second kappa shape index (κ2) is 4.26. The van der Waals surface area contributed by atoms with Crippen LogP contribution >= 0.6 is 15.9 Å². The first-order valence-electron chi connectivity index (χ1n) is 3.70. The van der Waals surface area contributed by atoms with Crippen LogP contribution in [-0.4, -0.2) is 16.9 Å². The van der Waals surface area contributed by atoms with Gasteiger partial charge in [0, 0.05) is 22.7 Å². The Morgan fingerprint density at radius 3 is 2.60 bits per heavy atom. The number of carbonyl (C=O) groups is 1. The molecule has 0 aliphatic rings. The maximum Gasteiger partial charge on any atom is 0.450 e. The first-order chi connectivity index (χ1) is 6.80. The quantitative estimate of drug-likeness (QED) is 0.618. The Balaban J connectivity index is 2.90. The summed E-state index contributed by atoms with van der Waals surface area (Å²) in [4.78, 5) is 13.7. The van der Waals surface area contributed by atoms with Crippen LogP contribution in [0.15, 0.2) is 16.7 Å². The molecule has 1 aromatic rings. The van der Waals surface area contributed by atoms with Crippen LogP contribution in [0.3, 0.4) is 0 Å². The van der Waals surface area contributed by atoms with E-state index >= 15 is 0 Å². The molecule has 15 heavy (non-hydrogen) atoms. The molecule has 0 atom stereocenters. The molecule has 0 radical (unpaired) electrons. The third-order valence-electron chi connectivity index (χ3n) is 1.55. The van der Waals surface area contributed by atoms with Gasteiger partial charge < -0.3 is 0 Å². The molecule has 0 amide bonds. The summed E-state index contributed by atoms with van der Waals surface area (Å²) in [6.07, 6.45) is -4.90. The normalized spacial score (nSPS) is 11.5. The number of aromatic nitrogens is 1. The van der Waals surface area contributed by atoms with Crippen molar-refractivity contribution in [1.29, 1.82) is 0 Å². The Morgan fingerprint density at radius 2 is 2.07 bits per heavy atom. The van der Waals surface area contributed by atoms with Gasteiger partial charge in [-0.05, 0) is 22.0 Å². The highest BCUT2D eigenvalue weighted by Crippen LogP contribution is 2.20. The summed E-state index contributed by atoms with van der Waals surface area (Å²) in [7, 11) is 0. The molecule has 0 aliphatic carbocycles. The predicted molar refractivity (Wildman–Crippen MR) is 46.7 cm³/mol. The van der Waals surface area contributed by atoms with Crippen molar-refractivity contribution in [1.82, 2.24) is 4.98 Å². The average Bonchev–Trinajstić information content (AvgIpc) is 2.09. The molecular formula is C8H4BrF4NO. The minimum Gasteiger partial charge on any atom is -0.289 e. The fourth-order valence-electron chi connectivity index (χ4n) is 0.862. The number of nitrogens with zero attached hydrogens (tertiary/aromatic N) is 1. The van der Waals surface area contributed by atoms with Gasteiger partial charge in [0.1, 0.15) is 0 Å². The summed E-state index contributed by atoms with van der Waals surface area (Å²) in [6.45, 7) is 0. The summed E-state index contributed by atoms with van der Waals surface area (Å²) >= 11 is 2.91. The van der Waals surface area contributed by atoms with Crippen LogP contribution in [0.1, 0.15) is 5.56 Å². The molecule has 1 rings (SSSR count). The molecule has 82 valence electrons. The van der Waals surface area contributed by atoms with Crippen LogP contribution < -0.4 is 0 Å². The zero-order valence-electron chi connectivity index (χ0n) is 7.11. The highest BCUT2D eigenvalue weighted by atomic mass is 79.9. The van der Waals surface area contributed by atoms with Crippen LogP contribution in [0, 0.1) is 5.95 Å². The van der Waals surface area contributed by atoms with Crippen molar-refractivity contribution < 1.29 is 22.4 Å². The number of pyridine rings is 1. The first-order valence-corrected chi connectivity index (χ1v) is 4.50. The van der Waals surface area contributed by atoms with Crippen LogP contribution in [0.4, 0.5) is 17.6 Å². The summed E-state index contributed by atoms with van der Waals surface area (Å²) in [5, 5.41) is 0. The van der Waals surface area contributed by atoms with Gasteiger partial charge in [0.15, 0.2) is 0 Å². The van der Waals surface area contributed by atoms with Gasteiger partial charge in [0.05, 0.1) is 0 Å². The molecule has 0 spiro atoms. The number of alkyl halides is 3. The monoisotopic (exact) mass is 285 g/mol. The third-order valence-corrected chi connectivity index (χ3v) is 1.98. The van der Waals surface area contributed by atoms with Crippen molar-refractivity contribution in [3.05, 3.63) is 28.2 Å². The fourth-order valence-corrected chi connectivity index (χ4v) is 1.24. The van der Waals surface area contributed by atoms with Crippen LogP contribution in [0.2, 0.25) is 0 Å². The summed E-state index contributed by atoms with van der Waals surface area (Å²) < 4.78 is 48.8. The SMILES string of the molecule is O=C(Cc1cc(Br)cnc1F)C(F)(F)F. The van der Waals surface area contributed by atoms with E-state index in [0.29, 0.717) is 4.47 Å². The lowest BCUT2D eigenvalue weighted by Crippen LogP contribution is -2.25. The van der Waals surface area contributed by atoms with E-state index in [0.717, 1.165) is 12.3 Å². The molecule has 0 saturated carbocycles. The summed E-state index contributed by atoms with van der Waals surface area (Å²) in [5.41, 5.74) is -0.383. The molecule has 0 aliphatic heterocycles. The van der Waals surface area contributed by atoms with Gasteiger partial charge in [-0.25, -0.2) is 4.98 Å². The van der Waals surface area contributed by atoms with Crippen molar-refractivity contribution >= 4 is 21.7 Å². The Kier molecular flexibility index (Phi) is 3.43.